The quantitative estimate of drug-likeness (QED) is 0.481. The van der Waals surface area contributed by atoms with Gasteiger partial charge in [0.1, 0.15) is 34.3 Å². The van der Waals surface area contributed by atoms with Crippen molar-refractivity contribution in [1.29, 1.82) is 0 Å². The number of carbonyl (C=O) groups excluding carboxylic acids is 2. The summed E-state index contributed by atoms with van der Waals surface area (Å²) in [6, 6.07) is 7.65. The molecule has 2 aromatic carbocycles. The van der Waals surface area contributed by atoms with Gasteiger partial charge in [0.25, 0.3) is 5.91 Å². The molecule has 0 fully saturated rings. The summed E-state index contributed by atoms with van der Waals surface area (Å²) >= 11 is 6.10. The van der Waals surface area contributed by atoms with Crippen LogP contribution in [0.5, 0.6) is 0 Å². The van der Waals surface area contributed by atoms with E-state index in [1.165, 1.54) is 37.3 Å². The molecule has 0 aliphatic heterocycles. The van der Waals surface area contributed by atoms with Gasteiger partial charge in [-0.05, 0) is 58.0 Å². The van der Waals surface area contributed by atoms with Gasteiger partial charge in [-0.15, -0.1) is 0 Å². The second-order valence-electron chi connectivity index (χ2n) is 7.83. The van der Waals surface area contributed by atoms with Crippen LogP contribution in [-0.2, 0) is 4.74 Å². The molecule has 0 radical (unpaired) electrons. The minimum Gasteiger partial charge on any atom is -0.444 e. The van der Waals surface area contributed by atoms with Crippen molar-refractivity contribution in [2.24, 2.45) is 0 Å². The monoisotopic (exact) mass is 463 g/mol. The van der Waals surface area contributed by atoms with Gasteiger partial charge in [0, 0.05) is 5.69 Å². The second kappa shape index (κ2) is 8.96. The number of aromatic nitrogens is 1. The molecule has 0 atom stereocenters. The van der Waals surface area contributed by atoms with E-state index in [0.717, 1.165) is 6.07 Å². The maximum Gasteiger partial charge on any atom is 0.412 e. The molecule has 0 aliphatic rings. The van der Waals surface area contributed by atoms with Crippen molar-refractivity contribution in [1.82, 2.24) is 5.16 Å². The van der Waals surface area contributed by atoms with Gasteiger partial charge < -0.3 is 14.6 Å². The van der Waals surface area contributed by atoms with Crippen LogP contribution in [0.2, 0.25) is 5.02 Å². The van der Waals surface area contributed by atoms with E-state index in [9.17, 15) is 18.4 Å². The van der Waals surface area contributed by atoms with Gasteiger partial charge in [0.15, 0.2) is 0 Å². The van der Waals surface area contributed by atoms with Crippen LogP contribution in [0.25, 0.3) is 11.3 Å². The first-order valence-corrected chi connectivity index (χ1v) is 9.85. The number of anilines is 2. The molecule has 1 heterocycles. The Morgan fingerprint density at radius 3 is 2.47 bits per heavy atom. The average molecular weight is 464 g/mol. The summed E-state index contributed by atoms with van der Waals surface area (Å²) in [5.41, 5.74) is -1.00. The van der Waals surface area contributed by atoms with E-state index in [4.69, 9.17) is 20.9 Å². The SMILES string of the molecule is Cc1onc(-c2c(F)cccc2Cl)c1C(=O)Nc1ccc(F)c(NC(=O)OC(C)(C)C)c1. The zero-order valence-corrected chi connectivity index (χ0v) is 18.4. The van der Waals surface area contributed by atoms with Gasteiger partial charge in [-0.25, -0.2) is 13.6 Å². The lowest BCUT2D eigenvalue weighted by atomic mass is 10.0. The molecule has 0 spiro atoms. The summed E-state index contributed by atoms with van der Waals surface area (Å²) < 4.78 is 38.7. The zero-order chi connectivity index (χ0) is 23.6. The van der Waals surface area contributed by atoms with Crippen molar-refractivity contribution in [2.45, 2.75) is 33.3 Å². The maximum atomic E-state index is 14.4. The number of hydrogen-bond donors (Lipinski definition) is 2. The van der Waals surface area contributed by atoms with Crippen LogP contribution in [-0.4, -0.2) is 22.8 Å². The Morgan fingerprint density at radius 2 is 1.81 bits per heavy atom. The summed E-state index contributed by atoms with van der Waals surface area (Å²) in [5.74, 6) is -1.96. The number of hydrogen-bond acceptors (Lipinski definition) is 5. The fraction of sp³-hybridized carbons (Fsp3) is 0.227. The zero-order valence-electron chi connectivity index (χ0n) is 17.7. The molecule has 0 saturated carbocycles. The first-order chi connectivity index (χ1) is 15.0. The maximum absolute atomic E-state index is 14.4. The second-order valence-corrected chi connectivity index (χ2v) is 8.24. The van der Waals surface area contributed by atoms with Crippen LogP contribution in [0.3, 0.4) is 0 Å². The number of amides is 2. The predicted molar refractivity (Wildman–Crippen MR) is 116 cm³/mol. The van der Waals surface area contributed by atoms with Crippen molar-refractivity contribution in [3.8, 4) is 11.3 Å². The average Bonchev–Trinajstić information content (AvgIpc) is 3.04. The van der Waals surface area contributed by atoms with E-state index >= 15 is 0 Å². The Kier molecular flexibility index (Phi) is 6.50. The van der Waals surface area contributed by atoms with E-state index in [0.29, 0.717) is 0 Å². The highest BCUT2D eigenvalue weighted by Crippen LogP contribution is 2.34. The molecule has 32 heavy (non-hydrogen) atoms. The molecular weight excluding hydrogens is 444 g/mol. The van der Waals surface area contributed by atoms with Crippen molar-refractivity contribution in [3.63, 3.8) is 0 Å². The molecule has 3 rings (SSSR count). The third kappa shape index (κ3) is 5.23. The van der Waals surface area contributed by atoms with Crippen LogP contribution in [0.1, 0.15) is 36.9 Å². The highest BCUT2D eigenvalue weighted by molar-refractivity contribution is 6.33. The summed E-state index contributed by atoms with van der Waals surface area (Å²) in [7, 11) is 0. The number of benzene rings is 2. The molecule has 7 nitrogen and oxygen atoms in total. The molecule has 2 amide bonds. The van der Waals surface area contributed by atoms with Crippen LogP contribution < -0.4 is 10.6 Å². The van der Waals surface area contributed by atoms with E-state index in [2.05, 4.69) is 15.8 Å². The molecule has 168 valence electrons. The summed E-state index contributed by atoms with van der Waals surface area (Å²) in [4.78, 5) is 24.9. The molecule has 0 aliphatic carbocycles. The third-order valence-corrected chi connectivity index (χ3v) is 4.46. The summed E-state index contributed by atoms with van der Waals surface area (Å²) in [5, 5.41) is 8.69. The lowest BCUT2D eigenvalue weighted by molar-refractivity contribution is 0.0635. The van der Waals surface area contributed by atoms with E-state index in [-0.39, 0.29) is 39.0 Å². The molecule has 3 aromatic rings. The van der Waals surface area contributed by atoms with E-state index in [1.807, 2.05) is 0 Å². The Bertz CT molecular complexity index is 1170. The van der Waals surface area contributed by atoms with E-state index < -0.39 is 29.2 Å². The van der Waals surface area contributed by atoms with Crippen LogP contribution in [0.15, 0.2) is 40.9 Å². The van der Waals surface area contributed by atoms with Crippen LogP contribution in [0.4, 0.5) is 25.0 Å². The Balaban J connectivity index is 1.88. The molecule has 2 N–H and O–H groups in total. The number of nitrogens with one attached hydrogen (secondary N) is 2. The number of halogens is 3. The van der Waals surface area contributed by atoms with Gasteiger partial charge in [-0.3, -0.25) is 10.1 Å². The standard InChI is InChI=1S/C22H20ClF2N3O4/c1-11-17(19(28-32-11)18-13(23)6-5-7-15(18)25)20(29)26-12-8-9-14(24)16(10-12)27-21(30)31-22(2,3)4/h5-10H,1-4H3,(H,26,29)(H,27,30). The van der Waals surface area contributed by atoms with Gasteiger partial charge in [0.2, 0.25) is 0 Å². The number of rotatable bonds is 4. The van der Waals surface area contributed by atoms with Crippen molar-refractivity contribution in [2.75, 3.05) is 10.6 Å². The van der Waals surface area contributed by atoms with Gasteiger partial charge in [0.05, 0.1) is 16.3 Å². The predicted octanol–water partition coefficient (Wildman–Crippen LogP) is 6.18. The molecule has 0 saturated heterocycles. The molecule has 0 unspecified atom stereocenters. The highest BCUT2D eigenvalue weighted by atomic mass is 35.5. The fourth-order valence-corrected chi connectivity index (χ4v) is 3.09. The first kappa shape index (κ1) is 23.2. The van der Waals surface area contributed by atoms with Crippen molar-refractivity contribution >= 4 is 35.0 Å². The highest BCUT2D eigenvalue weighted by Gasteiger charge is 2.26. The normalized spacial score (nSPS) is 11.2. The Hall–Kier alpha value is -3.46. The largest absolute Gasteiger partial charge is 0.444 e. The van der Waals surface area contributed by atoms with Gasteiger partial charge in [-0.2, -0.15) is 0 Å². The lowest BCUT2D eigenvalue weighted by Gasteiger charge is -2.20. The smallest absolute Gasteiger partial charge is 0.412 e. The number of aryl methyl sites for hydroxylation is 1. The first-order valence-electron chi connectivity index (χ1n) is 9.48. The van der Waals surface area contributed by atoms with Gasteiger partial charge in [-0.1, -0.05) is 22.8 Å². The summed E-state index contributed by atoms with van der Waals surface area (Å²) in [6.07, 6.45) is -0.855. The minimum absolute atomic E-state index is 0.0389. The summed E-state index contributed by atoms with van der Waals surface area (Å²) in [6.45, 7) is 6.49. The Labute approximate surface area is 187 Å². The molecule has 10 heteroatoms. The van der Waals surface area contributed by atoms with E-state index in [1.54, 1.807) is 20.8 Å². The fourth-order valence-electron chi connectivity index (χ4n) is 2.84. The molecule has 1 aromatic heterocycles. The van der Waals surface area contributed by atoms with Crippen LogP contribution >= 0.6 is 11.6 Å². The topological polar surface area (TPSA) is 93.5 Å². The van der Waals surface area contributed by atoms with Gasteiger partial charge >= 0.3 is 6.09 Å². The molecule has 0 bridgehead atoms. The Morgan fingerprint density at radius 1 is 1.09 bits per heavy atom. The minimum atomic E-state index is -0.855. The van der Waals surface area contributed by atoms with Crippen molar-refractivity contribution < 1.29 is 27.6 Å². The van der Waals surface area contributed by atoms with Crippen LogP contribution in [0, 0.1) is 18.6 Å². The third-order valence-electron chi connectivity index (χ3n) is 4.15. The van der Waals surface area contributed by atoms with Crippen molar-refractivity contribution in [3.05, 3.63) is 64.4 Å². The number of ether oxygens (including phenoxy) is 1. The number of nitrogens with zero attached hydrogens (tertiary/aromatic N) is 1. The molecular formula is C22H20ClF2N3O4. The lowest BCUT2D eigenvalue weighted by Crippen LogP contribution is -2.27. The number of carbonyl (C=O) groups is 2.